The molecule has 0 aliphatic carbocycles. The number of pyridine rings is 1. The maximum atomic E-state index is 14.0. The van der Waals surface area contributed by atoms with Crippen LogP contribution >= 0.6 is 0 Å². The van der Waals surface area contributed by atoms with Crippen molar-refractivity contribution in [1.29, 1.82) is 0 Å². The number of cyclic esters (lactones) is 1. The zero-order valence-electron chi connectivity index (χ0n) is 38.8. The third-order valence-electron chi connectivity index (χ3n) is 13.0. The van der Waals surface area contributed by atoms with Gasteiger partial charge in [0.1, 0.15) is 12.2 Å². The van der Waals surface area contributed by atoms with Crippen molar-refractivity contribution in [3.8, 4) is 5.69 Å². The van der Waals surface area contributed by atoms with Crippen molar-refractivity contribution in [1.82, 2.24) is 29.8 Å². The Bertz CT molecular complexity index is 2220. The van der Waals surface area contributed by atoms with Crippen molar-refractivity contribution in [2.75, 3.05) is 27.2 Å². The molecule has 3 unspecified atom stereocenters. The van der Waals surface area contributed by atoms with E-state index >= 15 is 0 Å². The zero-order chi connectivity index (χ0) is 46.8. The molecular formula is C50H68N6O9. The van der Waals surface area contributed by atoms with Crippen LogP contribution in [-0.2, 0) is 36.9 Å². The standard InChI is InChI=1S/C50H68N6O9/c1-8-44-38(30-57)22-31(2)18-19-42(58)32(3)23-37(49(33(4)43(59)25-45(60)64-44)65-50-48(62)46(54(6)7)47(61)34(5)63-50)20-21-55(27-35-14-10-9-11-15-35)28-39-29-56(53-52-39)40-24-36-16-12-13-17-41(36)51-26-40/h9-19,22,24,26,29,32-34,37-38,43-44,46-50,57,59,61-62H,8,20-21,23,25,27-28,30H2,1-7H3/b19-18+,31-22+/t32-,33+,34-,37+,38-,43-,44-,46?,47?,48?,49-,50+/m1/s1. The first-order valence-electron chi connectivity index (χ1n) is 22.9. The summed E-state index contributed by atoms with van der Waals surface area (Å²) in [7, 11) is 3.53. The fourth-order valence-electron chi connectivity index (χ4n) is 9.17. The Hall–Kier alpha value is -4.71. The Kier molecular flexibility index (Phi) is 17.7. The number of esters is 1. The van der Waals surface area contributed by atoms with Crippen molar-refractivity contribution in [2.24, 2.45) is 23.7 Å². The lowest BCUT2D eigenvalue weighted by Crippen LogP contribution is -2.63. The number of carbonyl (C=O) groups excluding carboxylic acids is 2. The molecule has 12 atom stereocenters. The van der Waals surface area contributed by atoms with E-state index in [1.165, 1.54) is 0 Å². The number of fused-ring (bicyclic) bond motifs is 1. The molecule has 0 bridgehead atoms. The highest BCUT2D eigenvalue weighted by molar-refractivity contribution is 5.91. The average molecular weight is 897 g/mol. The Labute approximate surface area is 382 Å². The normalized spacial score (nSPS) is 31.2. The van der Waals surface area contributed by atoms with Gasteiger partial charge >= 0.3 is 5.97 Å². The molecule has 15 nitrogen and oxygen atoms in total. The molecule has 1 saturated heterocycles. The number of carbonyl (C=O) groups is 2. The molecule has 352 valence electrons. The van der Waals surface area contributed by atoms with Crippen LogP contribution in [-0.4, -0.2) is 138 Å². The summed E-state index contributed by atoms with van der Waals surface area (Å²) in [5, 5.41) is 55.0. The van der Waals surface area contributed by atoms with Crippen LogP contribution in [0.4, 0.5) is 0 Å². The Morgan fingerprint density at radius 3 is 2.42 bits per heavy atom. The predicted octanol–water partition coefficient (Wildman–Crippen LogP) is 5.03. The van der Waals surface area contributed by atoms with E-state index in [0.717, 1.165) is 33.4 Å². The van der Waals surface area contributed by atoms with E-state index in [9.17, 15) is 30.0 Å². The highest BCUT2D eigenvalue weighted by atomic mass is 16.7. The molecule has 1 fully saturated rings. The van der Waals surface area contributed by atoms with E-state index < -0.39 is 78.6 Å². The van der Waals surface area contributed by atoms with Gasteiger partial charge in [0.2, 0.25) is 0 Å². The number of likely N-dealkylation sites (N-methyl/N-ethyl adjacent to an activating group) is 1. The number of para-hydroxylation sites is 1. The van der Waals surface area contributed by atoms with Gasteiger partial charge in [0.05, 0.1) is 72.8 Å². The molecule has 0 spiro atoms. The minimum absolute atomic E-state index is 0.111. The zero-order valence-corrected chi connectivity index (χ0v) is 38.8. The van der Waals surface area contributed by atoms with E-state index in [1.54, 1.807) is 61.9 Å². The SMILES string of the molecule is CC[C@H]1OC(=O)C[C@@H](O)[C@H](C)[C@@H](O[C@@H]2O[C@H](C)C(O)C(N(C)C)C2O)[C@@H](CCN(Cc2ccccc2)Cc2cn(-c3cnc4ccccc4c3)nn2)C[C@@H](C)C(=O)/C=C/C(C)=C/[C@@H]1CO. The van der Waals surface area contributed by atoms with E-state index in [2.05, 4.69) is 32.3 Å². The lowest BCUT2D eigenvalue weighted by atomic mass is 9.79. The van der Waals surface area contributed by atoms with Crippen LogP contribution in [0.1, 0.15) is 71.6 Å². The quantitative estimate of drug-likeness (QED) is 0.131. The number of nitrogens with zero attached hydrogens (tertiary/aromatic N) is 6. The van der Waals surface area contributed by atoms with Crippen LogP contribution in [0.15, 0.2) is 96.9 Å². The third kappa shape index (κ3) is 13.0. The van der Waals surface area contributed by atoms with Crippen molar-refractivity contribution in [2.45, 2.75) is 122 Å². The lowest BCUT2D eigenvalue weighted by molar-refractivity contribution is -0.304. The molecule has 4 N–H and O–H groups in total. The number of allylic oxidation sites excluding steroid dienone is 3. The predicted molar refractivity (Wildman–Crippen MR) is 246 cm³/mol. The summed E-state index contributed by atoms with van der Waals surface area (Å²) < 4.78 is 20.7. The summed E-state index contributed by atoms with van der Waals surface area (Å²) in [5.41, 5.74) is 4.21. The molecule has 65 heavy (non-hydrogen) atoms. The number of aliphatic hydroxyl groups excluding tert-OH is 4. The average Bonchev–Trinajstić information content (AvgIpc) is 3.76. The minimum atomic E-state index is -1.28. The maximum absolute atomic E-state index is 14.0. The molecule has 2 aliphatic rings. The number of aliphatic hydroxyl groups is 4. The van der Waals surface area contributed by atoms with Gasteiger partial charge in [-0.15, -0.1) is 5.10 Å². The highest BCUT2D eigenvalue weighted by Crippen LogP contribution is 2.35. The first-order valence-corrected chi connectivity index (χ1v) is 22.9. The molecule has 4 heterocycles. The molecule has 15 heteroatoms. The molecule has 0 saturated carbocycles. The number of hydrogen-bond donors (Lipinski definition) is 4. The summed E-state index contributed by atoms with van der Waals surface area (Å²) >= 11 is 0. The molecule has 0 radical (unpaired) electrons. The van der Waals surface area contributed by atoms with Crippen LogP contribution in [0, 0.1) is 23.7 Å². The number of hydrogen-bond acceptors (Lipinski definition) is 14. The van der Waals surface area contributed by atoms with Crippen molar-refractivity contribution in [3.63, 3.8) is 0 Å². The molecule has 2 aliphatic heterocycles. The Morgan fingerprint density at radius 1 is 0.954 bits per heavy atom. The largest absolute Gasteiger partial charge is 0.462 e. The molecule has 2 aromatic heterocycles. The minimum Gasteiger partial charge on any atom is -0.462 e. The van der Waals surface area contributed by atoms with Gasteiger partial charge in [0, 0.05) is 36.2 Å². The van der Waals surface area contributed by atoms with Crippen LogP contribution in [0.2, 0.25) is 0 Å². The van der Waals surface area contributed by atoms with Crippen LogP contribution < -0.4 is 0 Å². The summed E-state index contributed by atoms with van der Waals surface area (Å²) in [5.74, 6) is -2.91. The Morgan fingerprint density at radius 2 is 1.69 bits per heavy atom. The topological polar surface area (TPSA) is 193 Å². The van der Waals surface area contributed by atoms with E-state index in [1.807, 2.05) is 75.5 Å². The fourth-order valence-corrected chi connectivity index (χ4v) is 9.17. The third-order valence-corrected chi connectivity index (χ3v) is 13.0. The molecule has 4 aromatic rings. The van der Waals surface area contributed by atoms with Crippen LogP contribution in [0.25, 0.3) is 16.6 Å². The lowest BCUT2D eigenvalue weighted by Gasteiger charge is -2.46. The molecular weight excluding hydrogens is 829 g/mol. The van der Waals surface area contributed by atoms with Crippen LogP contribution in [0.5, 0.6) is 0 Å². The molecule has 6 rings (SSSR count). The number of ketones is 1. The second kappa shape index (κ2) is 23.1. The van der Waals surface area contributed by atoms with Crippen molar-refractivity contribution in [3.05, 3.63) is 108 Å². The van der Waals surface area contributed by atoms with Crippen molar-refractivity contribution < 1.29 is 44.2 Å². The first kappa shape index (κ1) is 49.7. The number of rotatable bonds is 13. The number of ether oxygens (including phenoxy) is 3. The van der Waals surface area contributed by atoms with E-state index in [-0.39, 0.29) is 18.8 Å². The van der Waals surface area contributed by atoms with Gasteiger partial charge in [-0.1, -0.05) is 92.2 Å². The Balaban J connectivity index is 1.35. The summed E-state index contributed by atoms with van der Waals surface area (Å²) in [6, 6.07) is 19.3. The van der Waals surface area contributed by atoms with E-state index in [4.69, 9.17) is 14.2 Å². The second-order valence-electron chi connectivity index (χ2n) is 18.2. The van der Waals surface area contributed by atoms with Gasteiger partial charge < -0.3 is 39.5 Å². The van der Waals surface area contributed by atoms with Gasteiger partial charge in [-0.2, -0.15) is 0 Å². The smallest absolute Gasteiger partial charge is 0.308 e. The molecule has 0 amide bonds. The monoisotopic (exact) mass is 897 g/mol. The van der Waals surface area contributed by atoms with E-state index in [0.29, 0.717) is 38.9 Å². The first-order chi connectivity index (χ1) is 31.1. The number of benzene rings is 2. The van der Waals surface area contributed by atoms with Gasteiger partial charge in [0.15, 0.2) is 12.1 Å². The highest BCUT2D eigenvalue weighted by Gasteiger charge is 2.47. The second-order valence-corrected chi connectivity index (χ2v) is 18.2. The maximum Gasteiger partial charge on any atom is 0.308 e. The van der Waals surface area contributed by atoms with Gasteiger partial charge in [-0.05, 0) is 83.4 Å². The van der Waals surface area contributed by atoms with Gasteiger partial charge in [-0.25, -0.2) is 4.68 Å². The summed E-state index contributed by atoms with van der Waals surface area (Å²) in [6.45, 7) is 10.3. The fraction of sp³-hybridized carbons (Fsp3) is 0.540. The number of aromatic nitrogens is 4. The van der Waals surface area contributed by atoms with Crippen molar-refractivity contribution >= 4 is 22.7 Å². The molecule has 2 aromatic carbocycles. The summed E-state index contributed by atoms with van der Waals surface area (Å²) in [6.07, 6.45) is 2.62. The van der Waals surface area contributed by atoms with Crippen LogP contribution in [0.3, 0.4) is 0 Å². The van der Waals surface area contributed by atoms with Gasteiger partial charge in [-0.3, -0.25) is 19.5 Å². The van der Waals surface area contributed by atoms with Gasteiger partial charge in [0.25, 0.3) is 0 Å². The summed E-state index contributed by atoms with van der Waals surface area (Å²) in [4.78, 5) is 36.1.